The van der Waals surface area contributed by atoms with E-state index in [1.54, 1.807) is 14.2 Å². The van der Waals surface area contributed by atoms with Crippen molar-refractivity contribution >= 4 is 5.96 Å². The first-order valence-electron chi connectivity index (χ1n) is 9.02. The Balaban J connectivity index is 1.67. The fraction of sp³-hybridized carbons (Fsp3) is 0.381. The van der Waals surface area contributed by atoms with E-state index in [2.05, 4.69) is 64.0 Å². The van der Waals surface area contributed by atoms with Gasteiger partial charge in [-0.05, 0) is 31.6 Å². The van der Waals surface area contributed by atoms with Crippen molar-refractivity contribution in [2.75, 3.05) is 34.3 Å². The van der Waals surface area contributed by atoms with E-state index in [1.807, 2.05) is 18.2 Å². The van der Waals surface area contributed by atoms with Crippen LogP contribution in [0.5, 0.6) is 5.75 Å². The third kappa shape index (κ3) is 6.76. The number of nitrogens with zero attached hydrogens (tertiary/aromatic N) is 2. The van der Waals surface area contributed by atoms with Gasteiger partial charge in [0.25, 0.3) is 0 Å². The van der Waals surface area contributed by atoms with Gasteiger partial charge in [-0.15, -0.1) is 0 Å². The third-order valence-corrected chi connectivity index (χ3v) is 4.17. The summed E-state index contributed by atoms with van der Waals surface area (Å²) in [6, 6.07) is 18.6. The molecule has 0 saturated heterocycles. The minimum absolute atomic E-state index is 0.678. The molecule has 0 aliphatic heterocycles. The fourth-order valence-electron chi connectivity index (χ4n) is 2.78. The highest BCUT2D eigenvalue weighted by Crippen LogP contribution is 2.16. The lowest BCUT2D eigenvalue weighted by molar-refractivity contribution is 0.322. The largest absolute Gasteiger partial charge is 0.496 e. The molecule has 2 aromatic rings. The number of rotatable bonds is 9. The Morgan fingerprint density at radius 2 is 1.77 bits per heavy atom. The van der Waals surface area contributed by atoms with Gasteiger partial charge in [-0.25, -0.2) is 0 Å². The molecule has 0 saturated carbocycles. The molecule has 0 aromatic heterocycles. The average Bonchev–Trinajstić information content (AvgIpc) is 2.68. The summed E-state index contributed by atoms with van der Waals surface area (Å²) in [6.45, 7) is 3.56. The minimum Gasteiger partial charge on any atom is -0.496 e. The summed E-state index contributed by atoms with van der Waals surface area (Å²) in [4.78, 5) is 6.62. The number of aliphatic imine (C=N–C) groups is 1. The second-order valence-corrected chi connectivity index (χ2v) is 6.24. The Morgan fingerprint density at radius 3 is 2.50 bits per heavy atom. The van der Waals surface area contributed by atoms with Gasteiger partial charge in [0.15, 0.2) is 5.96 Å². The second-order valence-electron chi connectivity index (χ2n) is 6.24. The lowest BCUT2D eigenvalue weighted by Gasteiger charge is -2.18. The van der Waals surface area contributed by atoms with E-state index in [0.717, 1.165) is 43.3 Å². The summed E-state index contributed by atoms with van der Waals surface area (Å²) in [7, 11) is 5.64. The molecule has 0 radical (unpaired) electrons. The van der Waals surface area contributed by atoms with Crippen LogP contribution in [0.2, 0.25) is 0 Å². The van der Waals surface area contributed by atoms with Gasteiger partial charge >= 0.3 is 0 Å². The first-order chi connectivity index (χ1) is 12.7. The van der Waals surface area contributed by atoms with E-state index in [4.69, 9.17) is 4.74 Å². The van der Waals surface area contributed by atoms with Gasteiger partial charge in [0, 0.05) is 32.2 Å². The molecule has 140 valence electrons. The lowest BCUT2D eigenvalue weighted by Crippen LogP contribution is -2.38. The van der Waals surface area contributed by atoms with Crippen molar-refractivity contribution in [3.63, 3.8) is 0 Å². The summed E-state index contributed by atoms with van der Waals surface area (Å²) in [5, 5.41) is 6.70. The molecule has 26 heavy (non-hydrogen) atoms. The maximum Gasteiger partial charge on any atom is 0.191 e. The van der Waals surface area contributed by atoms with Crippen LogP contribution in [0.15, 0.2) is 59.6 Å². The molecule has 5 nitrogen and oxygen atoms in total. The van der Waals surface area contributed by atoms with Gasteiger partial charge in [-0.1, -0.05) is 48.5 Å². The summed E-state index contributed by atoms with van der Waals surface area (Å²) >= 11 is 0. The zero-order chi connectivity index (χ0) is 18.6. The van der Waals surface area contributed by atoms with Crippen LogP contribution in [-0.2, 0) is 13.1 Å². The standard InChI is InChI=1S/C21H30N4O/c1-22-21(24-16-19-12-7-8-13-20(19)26-3)23-14-9-15-25(2)17-18-10-5-4-6-11-18/h4-8,10-13H,9,14-17H2,1-3H3,(H2,22,23,24). The quantitative estimate of drug-likeness (QED) is 0.413. The second kappa shape index (κ2) is 11.2. The van der Waals surface area contributed by atoms with Gasteiger partial charge in [-0.3, -0.25) is 4.99 Å². The molecule has 2 rings (SSSR count). The van der Waals surface area contributed by atoms with Gasteiger partial charge < -0.3 is 20.3 Å². The number of ether oxygens (including phenoxy) is 1. The van der Waals surface area contributed by atoms with Crippen molar-refractivity contribution < 1.29 is 4.74 Å². The number of nitrogens with one attached hydrogen (secondary N) is 2. The Kier molecular flexibility index (Phi) is 8.49. The van der Waals surface area contributed by atoms with Gasteiger partial charge in [-0.2, -0.15) is 0 Å². The maximum absolute atomic E-state index is 5.38. The SMILES string of the molecule is CN=C(NCCCN(C)Cc1ccccc1)NCc1ccccc1OC. The Bertz CT molecular complexity index is 673. The Hall–Kier alpha value is -2.53. The number of hydrogen-bond donors (Lipinski definition) is 2. The highest BCUT2D eigenvalue weighted by molar-refractivity contribution is 5.79. The number of guanidine groups is 1. The Labute approximate surface area is 157 Å². The Morgan fingerprint density at radius 1 is 1.04 bits per heavy atom. The zero-order valence-corrected chi connectivity index (χ0v) is 16.0. The topological polar surface area (TPSA) is 48.9 Å². The first kappa shape index (κ1) is 19.8. The van der Waals surface area contributed by atoms with Crippen molar-refractivity contribution in [2.45, 2.75) is 19.5 Å². The molecule has 0 bridgehead atoms. The summed E-state index contributed by atoms with van der Waals surface area (Å²) in [5.41, 5.74) is 2.46. The zero-order valence-electron chi connectivity index (χ0n) is 16.0. The maximum atomic E-state index is 5.38. The molecular weight excluding hydrogens is 324 g/mol. The molecule has 0 aliphatic carbocycles. The number of para-hydroxylation sites is 1. The summed E-state index contributed by atoms with van der Waals surface area (Å²) in [5.74, 6) is 1.69. The first-order valence-corrected chi connectivity index (χ1v) is 9.02. The molecule has 0 atom stereocenters. The van der Waals surface area contributed by atoms with Gasteiger partial charge in [0.05, 0.1) is 7.11 Å². The van der Waals surface area contributed by atoms with Crippen LogP contribution in [0.4, 0.5) is 0 Å². The van der Waals surface area contributed by atoms with Crippen LogP contribution >= 0.6 is 0 Å². The van der Waals surface area contributed by atoms with E-state index in [1.165, 1.54) is 5.56 Å². The number of benzene rings is 2. The fourth-order valence-corrected chi connectivity index (χ4v) is 2.78. The highest BCUT2D eigenvalue weighted by Gasteiger charge is 2.04. The van der Waals surface area contributed by atoms with Crippen LogP contribution in [-0.4, -0.2) is 45.2 Å². The molecule has 0 heterocycles. The average molecular weight is 354 g/mol. The molecule has 0 aliphatic rings. The summed E-state index contributed by atoms with van der Waals surface area (Å²) in [6.07, 6.45) is 1.05. The van der Waals surface area contributed by atoms with Crippen LogP contribution in [0.25, 0.3) is 0 Å². The van der Waals surface area contributed by atoms with E-state index < -0.39 is 0 Å². The van der Waals surface area contributed by atoms with Crippen molar-refractivity contribution in [3.05, 3.63) is 65.7 Å². The molecule has 0 spiro atoms. The van der Waals surface area contributed by atoms with Crippen molar-refractivity contribution in [3.8, 4) is 5.75 Å². The van der Waals surface area contributed by atoms with E-state index in [-0.39, 0.29) is 0 Å². The van der Waals surface area contributed by atoms with Crippen LogP contribution < -0.4 is 15.4 Å². The monoisotopic (exact) mass is 354 g/mol. The molecular formula is C21H30N4O. The smallest absolute Gasteiger partial charge is 0.191 e. The lowest BCUT2D eigenvalue weighted by atomic mass is 10.2. The molecule has 0 fully saturated rings. The molecule has 2 N–H and O–H groups in total. The van der Waals surface area contributed by atoms with Crippen LogP contribution in [0, 0.1) is 0 Å². The van der Waals surface area contributed by atoms with Crippen molar-refractivity contribution in [1.82, 2.24) is 15.5 Å². The highest BCUT2D eigenvalue weighted by atomic mass is 16.5. The molecule has 0 unspecified atom stereocenters. The summed E-state index contributed by atoms with van der Waals surface area (Å²) < 4.78 is 5.38. The van der Waals surface area contributed by atoms with Crippen molar-refractivity contribution in [2.24, 2.45) is 4.99 Å². The number of hydrogen-bond acceptors (Lipinski definition) is 3. The van der Waals surface area contributed by atoms with Crippen molar-refractivity contribution in [1.29, 1.82) is 0 Å². The predicted octanol–water partition coefficient (Wildman–Crippen LogP) is 2.88. The third-order valence-electron chi connectivity index (χ3n) is 4.17. The normalized spacial score (nSPS) is 11.5. The number of methoxy groups -OCH3 is 1. The van der Waals surface area contributed by atoms with E-state index in [9.17, 15) is 0 Å². The predicted molar refractivity (Wildman–Crippen MR) is 109 cm³/mol. The molecule has 5 heteroatoms. The molecule has 0 amide bonds. The molecule has 2 aromatic carbocycles. The minimum atomic E-state index is 0.678. The van der Waals surface area contributed by atoms with E-state index in [0.29, 0.717) is 6.54 Å². The van der Waals surface area contributed by atoms with E-state index >= 15 is 0 Å². The van der Waals surface area contributed by atoms with Crippen LogP contribution in [0.1, 0.15) is 17.5 Å². The van der Waals surface area contributed by atoms with Gasteiger partial charge in [0.1, 0.15) is 5.75 Å². The van der Waals surface area contributed by atoms with Gasteiger partial charge in [0.2, 0.25) is 0 Å². The van der Waals surface area contributed by atoms with Crippen LogP contribution in [0.3, 0.4) is 0 Å².